The molecule has 1 spiro atoms. The lowest BCUT2D eigenvalue weighted by atomic mass is 9.75. The van der Waals surface area contributed by atoms with Crippen LogP contribution >= 0.6 is 0 Å². The molecule has 0 saturated carbocycles. The normalized spacial score (nSPS) is 28.3. The topological polar surface area (TPSA) is 68.7 Å². The Kier molecular flexibility index (Phi) is 3.43. The lowest BCUT2D eigenvalue weighted by Crippen LogP contribution is -2.54. The first-order valence-electron chi connectivity index (χ1n) is 9.25. The lowest BCUT2D eigenvalue weighted by Gasteiger charge is -2.42. The molecule has 3 aliphatic heterocycles. The van der Waals surface area contributed by atoms with Crippen molar-refractivity contribution in [1.82, 2.24) is 9.88 Å². The second-order valence-electron chi connectivity index (χ2n) is 7.75. The monoisotopic (exact) mass is 364 g/mol. The third kappa shape index (κ3) is 2.47. The van der Waals surface area contributed by atoms with E-state index in [4.69, 9.17) is 14.5 Å². The number of hydrogen-bond donors (Lipinski definition) is 0. The summed E-state index contributed by atoms with van der Waals surface area (Å²) in [4.78, 5) is 29.8. The molecule has 27 heavy (non-hydrogen) atoms. The smallest absolute Gasteiger partial charge is 0.400 e. The van der Waals surface area contributed by atoms with E-state index in [0.717, 1.165) is 30.6 Å². The van der Waals surface area contributed by atoms with Crippen LogP contribution in [0.3, 0.4) is 0 Å². The predicted octanol–water partition coefficient (Wildman–Crippen LogP) is 2.55. The molecule has 1 aromatic heterocycles. The standard InChI is InChI=1S/C21H20N2O4/c1-14-3-2-4-15(11-14)17-6-5-16(12-22-17)20-7-8-21(23(13-20)10-9-20)26-18(24)19(25)27-21/h2-6,11-12H,7-10,13H2,1H3. The summed E-state index contributed by atoms with van der Waals surface area (Å²) < 4.78 is 10.6. The molecule has 2 atom stereocenters. The summed E-state index contributed by atoms with van der Waals surface area (Å²) in [6, 6.07) is 12.5. The highest BCUT2D eigenvalue weighted by Gasteiger charge is 2.61. The average Bonchev–Trinajstić information content (AvgIpc) is 3.19. The van der Waals surface area contributed by atoms with Crippen LogP contribution in [-0.4, -0.2) is 40.8 Å². The van der Waals surface area contributed by atoms with Crippen molar-refractivity contribution in [1.29, 1.82) is 0 Å². The first-order chi connectivity index (χ1) is 13.0. The van der Waals surface area contributed by atoms with Crippen LogP contribution in [-0.2, 0) is 24.5 Å². The molecule has 6 nitrogen and oxygen atoms in total. The van der Waals surface area contributed by atoms with Gasteiger partial charge in [-0.3, -0.25) is 4.98 Å². The summed E-state index contributed by atoms with van der Waals surface area (Å²) in [5.41, 5.74) is 4.43. The molecule has 138 valence electrons. The van der Waals surface area contributed by atoms with Gasteiger partial charge in [-0.05, 0) is 37.5 Å². The van der Waals surface area contributed by atoms with Gasteiger partial charge in [0.05, 0.1) is 5.69 Å². The number of carbonyl (C=O) groups excluding carboxylic acids is 2. The van der Waals surface area contributed by atoms with Crippen LogP contribution in [0.1, 0.15) is 30.4 Å². The zero-order chi connectivity index (χ0) is 18.6. The zero-order valence-electron chi connectivity index (χ0n) is 15.1. The molecular formula is C21H20N2O4. The highest BCUT2D eigenvalue weighted by atomic mass is 16.8. The largest absolute Gasteiger partial charge is 0.421 e. The third-order valence-electron chi connectivity index (χ3n) is 6.12. The molecule has 3 fully saturated rings. The third-order valence-corrected chi connectivity index (χ3v) is 6.12. The Balaban J connectivity index is 1.40. The minimum Gasteiger partial charge on any atom is -0.400 e. The number of piperidine rings is 1. The van der Waals surface area contributed by atoms with Gasteiger partial charge in [-0.15, -0.1) is 0 Å². The van der Waals surface area contributed by atoms with Gasteiger partial charge in [0.1, 0.15) is 0 Å². The van der Waals surface area contributed by atoms with Crippen LogP contribution in [0.25, 0.3) is 11.3 Å². The fourth-order valence-electron chi connectivity index (χ4n) is 4.61. The molecule has 3 saturated heterocycles. The van der Waals surface area contributed by atoms with Crippen LogP contribution < -0.4 is 0 Å². The number of hydrogen-bond acceptors (Lipinski definition) is 6. The highest BCUT2D eigenvalue weighted by Crippen LogP contribution is 2.50. The number of rotatable bonds is 2. The van der Waals surface area contributed by atoms with Crippen LogP contribution in [0.2, 0.25) is 0 Å². The summed E-state index contributed by atoms with van der Waals surface area (Å²) in [6.07, 6.45) is 4.17. The van der Waals surface area contributed by atoms with Crippen LogP contribution in [0, 0.1) is 6.92 Å². The Labute approximate surface area is 157 Å². The maximum absolute atomic E-state index is 11.5. The maximum Gasteiger partial charge on any atom is 0.421 e. The van der Waals surface area contributed by atoms with E-state index in [1.807, 2.05) is 17.2 Å². The summed E-state index contributed by atoms with van der Waals surface area (Å²) in [5.74, 6) is -2.97. The van der Waals surface area contributed by atoms with E-state index in [9.17, 15) is 9.59 Å². The first-order valence-corrected chi connectivity index (χ1v) is 9.25. The molecule has 0 N–H and O–H groups in total. The Morgan fingerprint density at radius 3 is 2.56 bits per heavy atom. The van der Waals surface area contributed by atoms with Gasteiger partial charge < -0.3 is 9.47 Å². The Morgan fingerprint density at radius 1 is 1.04 bits per heavy atom. The molecule has 4 heterocycles. The van der Waals surface area contributed by atoms with Crippen molar-refractivity contribution in [3.05, 3.63) is 53.7 Å². The van der Waals surface area contributed by atoms with E-state index < -0.39 is 17.8 Å². The average molecular weight is 364 g/mol. The van der Waals surface area contributed by atoms with Crippen molar-refractivity contribution >= 4 is 11.9 Å². The second kappa shape index (κ2) is 5.63. The second-order valence-corrected chi connectivity index (χ2v) is 7.75. The summed E-state index contributed by atoms with van der Waals surface area (Å²) >= 11 is 0. The van der Waals surface area contributed by atoms with Gasteiger partial charge in [0.2, 0.25) is 0 Å². The molecule has 0 aliphatic carbocycles. The molecule has 6 heteroatoms. The number of benzene rings is 1. The van der Waals surface area contributed by atoms with Gasteiger partial charge in [0.25, 0.3) is 0 Å². The number of carbonyl (C=O) groups is 2. The van der Waals surface area contributed by atoms with E-state index >= 15 is 0 Å². The molecule has 2 bridgehead atoms. The number of esters is 2. The van der Waals surface area contributed by atoms with Gasteiger partial charge in [0, 0.05) is 36.7 Å². The van der Waals surface area contributed by atoms with Crippen molar-refractivity contribution in [2.45, 2.75) is 37.5 Å². The Bertz CT molecular complexity index is 923. The Hall–Kier alpha value is -2.73. The molecule has 0 amide bonds. The zero-order valence-corrected chi connectivity index (χ0v) is 15.1. The van der Waals surface area contributed by atoms with E-state index in [1.54, 1.807) is 0 Å². The maximum atomic E-state index is 11.5. The van der Waals surface area contributed by atoms with E-state index in [1.165, 1.54) is 11.1 Å². The summed E-state index contributed by atoms with van der Waals surface area (Å²) in [6.45, 7) is 3.49. The molecule has 2 unspecified atom stereocenters. The van der Waals surface area contributed by atoms with Gasteiger partial charge in [-0.1, -0.05) is 29.8 Å². The van der Waals surface area contributed by atoms with Gasteiger partial charge in [-0.25, -0.2) is 14.5 Å². The number of pyridine rings is 1. The van der Waals surface area contributed by atoms with Crippen molar-refractivity contribution in [2.24, 2.45) is 0 Å². The van der Waals surface area contributed by atoms with E-state index in [-0.39, 0.29) is 5.41 Å². The SMILES string of the molecule is Cc1cccc(-c2ccc(C34CCN(C3)C3(CC4)OC(=O)C(=O)O3)cn2)c1. The highest BCUT2D eigenvalue weighted by molar-refractivity contribution is 6.31. The number of aromatic nitrogens is 1. The first kappa shape index (κ1) is 16.4. The van der Waals surface area contributed by atoms with E-state index in [0.29, 0.717) is 13.0 Å². The summed E-state index contributed by atoms with van der Waals surface area (Å²) in [7, 11) is 0. The molecule has 2 aromatic rings. The van der Waals surface area contributed by atoms with Crippen molar-refractivity contribution < 1.29 is 19.1 Å². The minimum absolute atomic E-state index is 0.0369. The lowest BCUT2D eigenvalue weighted by molar-refractivity contribution is -0.258. The molecule has 1 aromatic carbocycles. The fraction of sp³-hybridized carbons (Fsp3) is 0.381. The van der Waals surface area contributed by atoms with Crippen molar-refractivity contribution in [2.75, 3.05) is 13.1 Å². The molecule has 0 radical (unpaired) electrons. The Morgan fingerprint density at radius 2 is 1.85 bits per heavy atom. The molecular weight excluding hydrogens is 344 g/mol. The number of fused-ring (bicyclic) bond motifs is 3. The van der Waals surface area contributed by atoms with Gasteiger partial charge in [0.15, 0.2) is 0 Å². The van der Waals surface area contributed by atoms with Crippen molar-refractivity contribution in [3.8, 4) is 11.3 Å². The number of ether oxygens (including phenoxy) is 2. The molecule has 3 aliphatic rings. The number of nitrogens with zero attached hydrogens (tertiary/aromatic N) is 2. The predicted molar refractivity (Wildman–Crippen MR) is 96.4 cm³/mol. The molecule has 5 rings (SSSR count). The summed E-state index contributed by atoms with van der Waals surface area (Å²) in [5, 5.41) is 0. The van der Waals surface area contributed by atoms with Crippen LogP contribution in [0.4, 0.5) is 0 Å². The van der Waals surface area contributed by atoms with Gasteiger partial charge in [-0.2, -0.15) is 0 Å². The van der Waals surface area contributed by atoms with E-state index in [2.05, 4.69) is 37.3 Å². The van der Waals surface area contributed by atoms with Crippen LogP contribution in [0.15, 0.2) is 42.6 Å². The van der Waals surface area contributed by atoms with Gasteiger partial charge >= 0.3 is 17.8 Å². The number of aryl methyl sites for hydroxylation is 1. The minimum atomic E-state index is -1.19. The van der Waals surface area contributed by atoms with Crippen molar-refractivity contribution in [3.63, 3.8) is 0 Å². The fourth-order valence-corrected chi connectivity index (χ4v) is 4.61. The van der Waals surface area contributed by atoms with Crippen LogP contribution in [0.5, 0.6) is 0 Å². The quantitative estimate of drug-likeness (QED) is 0.603.